The molecular formula is C15H24N2. The van der Waals surface area contributed by atoms with Gasteiger partial charge in [0.05, 0.1) is 0 Å². The van der Waals surface area contributed by atoms with E-state index in [1.807, 2.05) is 0 Å². The number of nitrogens with one attached hydrogen (secondary N) is 1. The van der Waals surface area contributed by atoms with Gasteiger partial charge in [0.15, 0.2) is 0 Å². The Labute approximate surface area is 105 Å². The summed E-state index contributed by atoms with van der Waals surface area (Å²) in [5.41, 5.74) is 10.5. The maximum absolute atomic E-state index is 6.12. The Morgan fingerprint density at radius 1 is 1.35 bits per heavy atom. The molecule has 2 heteroatoms. The monoisotopic (exact) mass is 232 g/mol. The second-order valence-corrected chi connectivity index (χ2v) is 6.14. The lowest BCUT2D eigenvalue weighted by Gasteiger charge is -2.24. The molecule has 17 heavy (non-hydrogen) atoms. The molecule has 1 unspecified atom stereocenters. The number of nitrogens with two attached hydrogens (primary N) is 1. The van der Waals surface area contributed by atoms with Gasteiger partial charge in [0.2, 0.25) is 0 Å². The van der Waals surface area contributed by atoms with Crippen molar-refractivity contribution in [1.29, 1.82) is 0 Å². The van der Waals surface area contributed by atoms with Crippen molar-refractivity contribution < 1.29 is 0 Å². The first kappa shape index (κ1) is 12.6. The summed E-state index contributed by atoms with van der Waals surface area (Å²) >= 11 is 0. The van der Waals surface area contributed by atoms with E-state index in [0.717, 1.165) is 13.0 Å². The first-order valence-electron chi connectivity index (χ1n) is 6.58. The van der Waals surface area contributed by atoms with Crippen molar-refractivity contribution in [3.05, 3.63) is 34.9 Å². The van der Waals surface area contributed by atoms with Gasteiger partial charge < -0.3 is 11.1 Å². The van der Waals surface area contributed by atoms with E-state index in [0.29, 0.717) is 0 Å². The van der Waals surface area contributed by atoms with Crippen LogP contribution in [-0.4, -0.2) is 5.54 Å². The number of fused-ring (bicyclic) bond motifs is 1. The van der Waals surface area contributed by atoms with Crippen molar-refractivity contribution in [2.75, 3.05) is 0 Å². The minimum atomic E-state index is 0.173. The van der Waals surface area contributed by atoms with Gasteiger partial charge in [0, 0.05) is 18.1 Å². The molecule has 2 nitrogen and oxygen atoms in total. The Hall–Kier alpha value is -0.860. The van der Waals surface area contributed by atoms with Crippen LogP contribution in [0.25, 0.3) is 0 Å². The molecule has 1 atom stereocenters. The smallest absolute Gasteiger partial charge is 0.0297 e. The van der Waals surface area contributed by atoms with Gasteiger partial charge in [-0.25, -0.2) is 0 Å². The molecule has 0 radical (unpaired) electrons. The Balaban J connectivity index is 2.11. The molecule has 0 aliphatic heterocycles. The van der Waals surface area contributed by atoms with E-state index >= 15 is 0 Å². The predicted octanol–water partition coefficient (Wildman–Crippen LogP) is 2.91. The molecule has 94 valence electrons. The van der Waals surface area contributed by atoms with Crippen LogP contribution in [0.15, 0.2) is 18.2 Å². The van der Waals surface area contributed by atoms with Gasteiger partial charge in [-0.05, 0) is 56.7 Å². The molecule has 0 spiro atoms. The summed E-state index contributed by atoms with van der Waals surface area (Å²) in [5.74, 6) is 0. The normalized spacial score (nSPS) is 20.1. The first-order valence-corrected chi connectivity index (χ1v) is 6.58. The van der Waals surface area contributed by atoms with Gasteiger partial charge >= 0.3 is 0 Å². The number of rotatable bonds is 2. The molecule has 0 saturated carbocycles. The fraction of sp³-hybridized carbons (Fsp3) is 0.600. The summed E-state index contributed by atoms with van der Waals surface area (Å²) in [6.45, 7) is 7.52. The quantitative estimate of drug-likeness (QED) is 0.823. The van der Waals surface area contributed by atoms with Crippen molar-refractivity contribution in [2.45, 2.75) is 58.2 Å². The summed E-state index contributed by atoms with van der Waals surface area (Å²) < 4.78 is 0. The van der Waals surface area contributed by atoms with E-state index in [9.17, 15) is 0 Å². The predicted molar refractivity (Wildman–Crippen MR) is 72.9 cm³/mol. The molecule has 0 amide bonds. The zero-order valence-electron chi connectivity index (χ0n) is 11.2. The molecule has 1 aromatic carbocycles. The third kappa shape index (κ3) is 3.30. The third-order valence-electron chi connectivity index (χ3n) is 3.39. The van der Waals surface area contributed by atoms with Crippen molar-refractivity contribution in [3.63, 3.8) is 0 Å². The standard InChI is InChI=1S/C15H24N2/c1-15(2,3)17-10-11-7-8-13-12(9-11)5-4-6-14(13)16/h7-9,14,17H,4-6,10,16H2,1-3H3. The van der Waals surface area contributed by atoms with Gasteiger partial charge in [-0.2, -0.15) is 0 Å². The summed E-state index contributed by atoms with van der Waals surface area (Å²) in [6.07, 6.45) is 3.54. The average molecular weight is 232 g/mol. The van der Waals surface area contributed by atoms with Gasteiger partial charge in [0.25, 0.3) is 0 Å². The van der Waals surface area contributed by atoms with E-state index < -0.39 is 0 Å². The highest BCUT2D eigenvalue weighted by Crippen LogP contribution is 2.28. The largest absolute Gasteiger partial charge is 0.324 e. The van der Waals surface area contributed by atoms with E-state index in [1.54, 1.807) is 0 Å². The molecule has 2 rings (SSSR count). The highest BCUT2D eigenvalue weighted by atomic mass is 14.9. The fourth-order valence-electron chi connectivity index (χ4n) is 2.38. The van der Waals surface area contributed by atoms with Crippen LogP contribution in [0.4, 0.5) is 0 Å². The molecule has 0 saturated heterocycles. The first-order chi connectivity index (χ1) is 7.96. The minimum absolute atomic E-state index is 0.173. The average Bonchev–Trinajstić information content (AvgIpc) is 2.26. The highest BCUT2D eigenvalue weighted by molar-refractivity contribution is 5.36. The number of hydrogen-bond donors (Lipinski definition) is 2. The lowest BCUT2D eigenvalue weighted by atomic mass is 9.87. The second-order valence-electron chi connectivity index (χ2n) is 6.14. The third-order valence-corrected chi connectivity index (χ3v) is 3.39. The molecule has 1 aliphatic rings. The van der Waals surface area contributed by atoms with Crippen molar-refractivity contribution in [1.82, 2.24) is 5.32 Å². The van der Waals surface area contributed by atoms with Crippen LogP contribution in [0, 0.1) is 0 Å². The topological polar surface area (TPSA) is 38.0 Å². The van der Waals surface area contributed by atoms with Crippen molar-refractivity contribution >= 4 is 0 Å². The molecule has 1 aromatic rings. The van der Waals surface area contributed by atoms with Crippen molar-refractivity contribution in [2.24, 2.45) is 5.73 Å². The van der Waals surface area contributed by atoms with E-state index in [-0.39, 0.29) is 11.6 Å². The van der Waals surface area contributed by atoms with E-state index in [2.05, 4.69) is 44.3 Å². The molecule has 0 fully saturated rings. The fourth-order valence-corrected chi connectivity index (χ4v) is 2.38. The van der Waals surface area contributed by atoms with Gasteiger partial charge in [0.1, 0.15) is 0 Å². The maximum atomic E-state index is 6.12. The van der Waals surface area contributed by atoms with E-state index in [1.165, 1.54) is 29.5 Å². The van der Waals surface area contributed by atoms with E-state index in [4.69, 9.17) is 5.73 Å². The summed E-state index contributed by atoms with van der Waals surface area (Å²) in [4.78, 5) is 0. The lowest BCUT2D eigenvalue weighted by molar-refractivity contribution is 0.424. The van der Waals surface area contributed by atoms with Crippen LogP contribution < -0.4 is 11.1 Å². The molecule has 0 aromatic heterocycles. The van der Waals surface area contributed by atoms with Crippen LogP contribution in [0.3, 0.4) is 0 Å². The molecule has 3 N–H and O–H groups in total. The molecular weight excluding hydrogens is 208 g/mol. The van der Waals surface area contributed by atoms with Crippen LogP contribution in [0.1, 0.15) is 56.3 Å². The molecule has 1 aliphatic carbocycles. The zero-order valence-corrected chi connectivity index (χ0v) is 11.2. The second kappa shape index (κ2) is 4.79. The highest BCUT2D eigenvalue weighted by Gasteiger charge is 2.17. The molecule has 0 bridgehead atoms. The SMILES string of the molecule is CC(C)(C)NCc1ccc2c(c1)CCCC2N. The number of benzene rings is 1. The zero-order chi connectivity index (χ0) is 12.5. The Morgan fingerprint density at radius 3 is 2.82 bits per heavy atom. The summed E-state index contributed by atoms with van der Waals surface area (Å²) in [6, 6.07) is 7.01. The van der Waals surface area contributed by atoms with Crippen LogP contribution >= 0.6 is 0 Å². The van der Waals surface area contributed by atoms with Crippen LogP contribution in [0.2, 0.25) is 0 Å². The van der Waals surface area contributed by atoms with Gasteiger partial charge in [-0.1, -0.05) is 18.2 Å². The Bertz CT molecular complexity index is 390. The minimum Gasteiger partial charge on any atom is -0.324 e. The van der Waals surface area contributed by atoms with Gasteiger partial charge in [-0.3, -0.25) is 0 Å². The lowest BCUT2D eigenvalue weighted by Crippen LogP contribution is -2.35. The Morgan fingerprint density at radius 2 is 2.12 bits per heavy atom. The Kier molecular flexibility index (Phi) is 3.55. The van der Waals surface area contributed by atoms with Gasteiger partial charge in [-0.15, -0.1) is 0 Å². The summed E-state index contributed by atoms with van der Waals surface area (Å²) in [5, 5.41) is 3.52. The molecule has 0 heterocycles. The number of hydrogen-bond acceptors (Lipinski definition) is 2. The maximum Gasteiger partial charge on any atom is 0.0297 e. The van der Waals surface area contributed by atoms with Crippen LogP contribution in [-0.2, 0) is 13.0 Å². The van der Waals surface area contributed by atoms with Crippen LogP contribution in [0.5, 0.6) is 0 Å². The summed E-state index contributed by atoms with van der Waals surface area (Å²) in [7, 11) is 0. The number of aryl methyl sites for hydroxylation is 1. The van der Waals surface area contributed by atoms with Crippen molar-refractivity contribution in [3.8, 4) is 0 Å².